The van der Waals surface area contributed by atoms with Gasteiger partial charge in [-0.2, -0.15) is 13.2 Å². The molecule has 0 aliphatic rings. The Morgan fingerprint density at radius 2 is 1.90 bits per heavy atom. The van der Waals surface area contributed by atoms with E-state index in [9.17, 15) is 18.0 Å². The molecular formula is C19H24F3N5OS. The van der Waals surface area contributed by atoms with Crippen molar-refractivity contribution >= 4 is 28.9 Å². The highest BCUT2D eigenvalue weighted by Crippen LogP contribution is 2.30. The molecule has 0 radical (unpaired) electrons. The Labute approximate surface area is 171 Å². The number of nitrogens with zero attached hydrogens (tertiary/aromatic N) is 2. The van der Waals surface area contributed by atoms with Crippen LogP contribution in [0.15, 0.2) is 34.6 Å². The van der Waals surface area contributed by atoms with E-state index in [1.807, 2.05) is 31.2 Å². The van der Waals surface area contributed by atoms with Crippen LogP contribution in [0, 0.1) is 0 Å². The second kappa shape index (κ2) is 10.8. The quantitative estimate of drug-likeness (QED) is 0.445. The molecule has 1 heterocycles. The summed E-state index contributed by atoms with van der Waals surface area (Å²) >= 11 is 0.994. The number of carbonyl (C=O) groups is 1. The van der Waals surface area contributed by atoms with E-state index in [4.69, 9.17) is 0 Å². The molecule has 3 N–H and O–H groups in total. The van der Waals surface area contributed by atoms with Crippen LogP contribution in [-0.4, -0.2) is 36.5 Å². The number of thiazole rings is 1. The summed E-state index contributed by atoms with van der Waals surface area (Å²) in [5, 5.41) is 10.5. The summed E-state index contributed by atoms with van der Waals surface area (Å²) in [7, 11) is 0. The number of aliphatic imine (C=N–C) groups is 1. The van der Waals surface area contributed by atoms with E-state index < -0.39 is 11.9 Å². The van der Waals surface area contributed by atoms with Gasteiger partial charge < -0.3 is 16.0 Å². The predicted octanol–water partition coefficient (Wildman–Crippen LogP) is 3.46. The zero-order valence-electron chi connectivity index (χ0n) is 16.3. The standard InChI is InChI=1S/C19H24F3N5OS/c1-3-23-18(25-11-9-17-27-16(12-29-17)19(20,21)22)24-10-8-14-4-6-15(7-5-14)26-13(2)28/h4-7,12H,3,8-11H2,1-2H3,(H,26,28)(H2,23,24,25). The van der Waals surface area contributed by atoms with Crippen LogP contribution in [0.3, 0.4) is 0 Å². The highest BCUT2D eigenvalue weighted by atomic mass is 32.1. The van der Waals surface area contributed by atoms with E-state index in [0.717, 1.165) is 34.4 Å². The number of carbonyl (C=O) groups excluding carboxylic acids is 1. The van der Waals surface area contributed by atoms with Crippen LogP contribution in [0.5, 0.6) is 0 Å². The fourth-order valence-electron chi connectivity index (χ4n) is 2.44. The second-order valence-corrected chi connectivity index (χ2v) is 7.13. The van der Waals surface area contributed by atoms with Crippen molar-refractivity contribution in [2.45, 2.75) is 32.9 Å². The van der Waals surface area contributed by atoms with Gasteiger partial charge in [-0.25, -0.2) is 4.98 Å². The van der Waals surface area contributed by atoms with E-state index >= 15 is 0 Å². The fourth-order valence-corrected chi connectivity index (χ4v) is 3.24. The first-order valence-corrected chi connectivity index (χ1v) is 10.1. The number of alkyl halides is 3. The third kappa shape index (κ3) is 8.10. The number of hydrogen-bond acceptors (Lipinski definition) is 4. The van der Waals surface area contributed by atoms with E-state index in [1.54, 1.807) is 0 Å². The molecule has 0 aliphatic carbocycles. The number of nitrogens with one attached hydrogen (secondary N) is 3. The number of anilines is 1. The molecule has 6 nitrogen and oxygen atoms in total. The van der Waals surface area contributed by atoms with Gasteiger partial charge in [-0.3, -0.25) is 9.79 Å². The third-order valence-corrected chi connectivity index (χ3v) is 4.67. The largest absolute Gasteiger partial charge is 0.434 e. The number of guanidine groups is 1. The van der Waals surface area contributed by atoms with Crippen molar-refractivity contribution in [1.82, 2.24) is 15.6 Å². The lowest BCUT2D eigenvalue weighted by Crippen LogP contribution is -2.38. The molecule has 0 atom stereocenters. The molecular weight excluding hydrogens is 403 g/mol. The third-order valence-electron chi connectivity index (χ3n) is 3.76. The Balaban J connectivity index is 1.81. The summed E-state index contributed by atoms with van der Waals surface area (Å²) in [5.41, 5.74) is 1.00. The van der Waals surface area contributed by atoms with Crippen molar-refractivity contribution in [3.63, 3.8) is 0 Å². The number of halogens is 3. The normalized spacial score (nSPS) is 12.0. The molecule has 0 saturated carbocycles. The fraction of sp³-hybridized carbons (Fsp3) is 0.421. The van der Waals surface area contributed by atoms with Crippen LogP contribution >= 0.6 is 11.3 Å². The Bertz CT molecular complexity index is 818. The average Bonchev–Trinajstić information content (AvgIpc) is 3.12. The smallest absolute Gasteiger partial charge is 0.357 e. The Morgan fingerprint density at radius 1 is 1.17 bits per heavy atom. The summed E-state index contributed by atoms with van der Waals surface area (Å²) < 4.78 is 37.8. The van der Waals surface area contributed by atoms with Crippen LogP contribution in [0.4, 0.5) is 18.9 Å². The van der Waals surface area contributed by atoms with Gasteiger partial charge in [0.25, 0.3) is 0 Å². The number of rotatable bonds is 8. The molecule has 0 unspecified atom stereocenters. The van der Waals surface area contributed by atoms with Gasteiger partial charge in [0.1, 0.15) is 0 Å². The monoisotopic (exact) mass is 427 g/mol. The maximum absolute atomic E-state index is 12.6. The van der Waals surface area contributed by atoms with Crippen LogP contribution < -0.4 is 16.0 Å². The summed E-state index contributed by atoms with van der Waals surface area (Å²) in [6.45, 7) is 5.05. The lowest BCUT2D eigenvalue weighted by atomic mass is 10.1. The Hall–Kier alpha value is -2.62. The first kappa shape index (κ1) is 22.7. The van der Waals surface area contributed by atoms with E-state index in [2.05, 4.69) is 25.9 Å². The summed E-state index contributed by atoms with van der Waals surface area (Å²) in [6, 6.07) is 7.58. The van der Waals surface area contributed by atoms with E-state index in [0.29, 0.717) is 37.0 Å². The maximum Gasteiger partial charge on any atom is 0.434 e. The zero-order chi connectivity index (χ0) is 21.3. The lowest BCUT2D eigenvalue weighted by Gasteiger charge is -2.11. The first-order valence-electron chi connectivity index (χ1n) is 9.18. The Morgan fingerprint density at radius 3 is 2.48 bits per heavy atom. The zero-order valence-corrected chi connectivity index (χ0v) is 17.1. The lowest BCUT2D eigenvalue weighted by molar-refractivity contribution is -0.140. The molecule has 0 spiro atoms. The minimum atomic E-state index is -4.41. The summed E-state index contributed by atoms with van der Waals surface area (Å²) in [5.74, 6) is 0.494. The van der Waals surface area contributed by atoms with E-state index in [-0.39, 0.29) is 5.91 Å². The van der Waals surface area contributed by atoms with Gasteiger partial charge >= 0.3 is 6.18 Å². The molecule has 0 bridgehead atoms. The average molecular weight is 427 g/mol. The molecule has 2 rings (SSSR count). The second-order valence-electron chi connectivity index (χ2n) is 6.19. The molecule has 0 aliphatic heterocycles. The van der Waals surface area contributed by atoms with Gasteiger partial charge in [0.05, 0.1) is 5.01 Å². The maximum atomic E-state index is 12.6. The van der Waals surface area contributed by atoms with Gasteiger partial charge in [-0.1, -0.05) is 12.1 Å². The van der Waals surface area contributed by atoms with Gasteiger partial charge in [0.2, 0.25) is 5.91 Å². The summed E-state index contributed by atoms with van der Waals surface area (Å²) in [6.07, 6.45) is -3.30. The molecule has 1 aromatic carbocycles. The molecule has 10 heteroatoms. The van der Waals surface area contributed by atoms with Gasteiger partial charge in [0.15, 0.2) is 11.7 Å². The first-order chi connectivity index (χ1) is 13.8. The molecule has 1 amide bonds. The Kier molecular flexibility index (Phi) is 8.44. The summed E-state index contributed by atoms with van der Waals surface area (Å²) in [4.78, 5) is 19.0. The van der Waals surface area contributed by atoms with Crippen molar-refractivity contribution in [2.24, 2.45) is 4.99 Å². The van der Waals surface area contributed by atoms with Gasteiger partial charge in [-0.15, -0.1) is 11.3 Å². The topological polar surface area (TPSA) is 78.4 Å². The van der Waals surface area contributed by atoms with Crippen molar-refractivity contribution in [1.29, 1.82) is 0 Å². The van der Waals surface area contributed by atoms with Crippen LogP contribution in [0.25, 0.3) is 0 Å². The minimum Gasteiger partial charge on any atom is -0.357 e. The SMILES string of the molecule is CCNC(=NCCc1nc(C(F)(F)F)cs1)NCCc1ccc(NC(C)=O)cc1. The van der Waals surface area contributed by atoms with Gasteiger partial charge in [0, 0.05) is 44.0 Å². The highest BCUT2D eigenvalue weighted by molar-refractivity contribution is 7.09. The van der Waals surface area contributed by atoms with Crippen molar-refractivity contribution in [3.8, 4) is 0 Å². The minimum absolute atomic E-state index is 0.113. The molecule has 2 aromatic rings. The number of amides is 1. The predicted molar refractivity (Wildman–Crippen MR) is 109 cm³/mol. The number of aromatic nitrogens is 1. The van der Waals surface area contributed by atoms with Crippen LogP contribution in [-0.2, 0) is 23.8 Å². The number of hydrogen-bond donors (Lipinski definition) is 3. The van der Waals surface area contributed by atoms with Crippen molar-refractivity contribution in [3.05, 3.63) is 45.9 Å². The van der Waals surface area contributed by atoms with Crippen molar-refractivity contribution in [2.75, 3.05) is 25.0 Å². The number of benzene rings is 1. The van der Waals surface area contributed by atoms with Gasteiger partial charge in [-0.05, 0) is 31.0 Å². The van der Waals surface area contributed by atoms with Crippen LogP contribution in [0.2, 0.25) is 0 Å². The van der Waals surface area contributed by atoms with Crippen molar-refractivity contribution < 1.29 is 18.0 Å². The molecule has 1 aromatic heterocycles. The molecule has 158 valence electrons. The van der Waals surface area contributed by atoms with Crippen LogP contribution in [0.1, 0.15) is 30.1 Å². The highest BCUT2D eigenvalue weighted by Gasteiger charge is 2.33. The molecule has 29 heavy (non-hydrogen) atoms. The molecule has 0 saturated heterocycles. The van der Waals surface area contributed by atoms with E-state index in [1.165, 1.54) is 6.92 Å². The molecule has 0 fully saturated rings.